The highest BCUT2D eigenvalue weighted by molar-refractivity contribution is 7.89. The summed E-state index contributed by atoms with van der Waals surface area (Å²) in [4.78, 5) is 0. The minimum absolute atomic E-state index is 0.125. The zero-order chi connectivity index (χ0) is 11.9. The van der Waals surface area contributed by atoms with Crippen molar-refractivity contribution in [1.29, 1.82) is 0 Å². The van der Waals surface area contributed by atoms with E-state index in [2.05, 4.69) is 4.72 Å². The molecule has 0 atom stereocenters. The Morgan fingerprint density at radius 3 is 2.40 bits per heavy atom. The second-order valence-corrected chi connectivity index (χ2v) is 6.30. The Hall–Kier alpha value is 0.160. The average molecular weight is 258 g/mol. The maximum absolute atomic E-state index is 11.5. The third-order valence-electron chi connectivity index (χ3n) is 2.07. The van der Waals surface area contributed by atoms with E-state index in [4.69, 9.17) is 16.3 Å². The minimum atomic E-state index is -3.19. The van der Waals surface area contributed by atoms with Crippen LogP contribution >= 0.6 is 11.6 Å². The standard InChI is InChI=1S/C9H20ClNO3S/c1-9(2,14-3)8-11-15(12,13)7-5-4-6-10/h11H,4-8H2,1-3H3. The van der Waals surface area contributed by atoms with Crippen LogP contribution in [0.1, 0.15) is 26.7 Å². The van der Waals surface area contributed by atoms with Gasteiger partial charge in [-0.15, -0.1) is 11.6 Å². The van der Waals surface area contributed by atoms with Crippen molar-refractivity contribution in [2.75, 3.05) is 25.3 Å². The maximum Gasteiger partial charge on any atom is 0.211 e. The first-order valence-corrected chi connectivity index (χ1v) is 7.10. The number of ether oxygens (including phenoxy) is 1. The molecule has 6 heteroatoms. The van der Waals surface area contributed by atoms with Crippen molar-refractivity contribution in [1.82, 2.24) is 4.72 Å². The van der Waals surface area contributed by atoms with E-state index in [1.54, 1.807) is 7.11 Å². The van der Waals surface area contributed by atoms with Gasteiger partial charge in [-0.1, -0.05) is 0 Å². The molecule has 15 heavy (non-hydrogen) atoms. The predicted octanol–water partition coefficient (Wildman–Crippen LogP) is 1.35. The molecule has 0 rings (SSSR count). The van der Waals surface area contributed by atoms with E-state index in [0.29, 0.717) is 12.3 Å². The summed E-state index contributed by atoms with van der Waals surface area (Å²) in [6.07, 6.45) is 1.31. The molecule has 0 aromatic carbocycles. The summed E-state index contributed by atoms with van der Waals surface area (Å²) in [5, 5.41) is 0. The van der Waals surface area contributed by atoms with E-state index in [-0.39, 0.29) is 12.3 Å². The van der Waals surface area contributed by atoms with Crippen molar-refractivity contribution in [2.24, 2.45) is 0 Å². The molecule has 0 amide bonds. The summed E-state index contributed by atoms with van der Waals surface area (Å²) in [6, 6.07) is 0. The zero-order valence-electron chi connectivity index (χ0n) is 9.55. The van der Waals surface area contributed by atoms with Gasteiger partial charge < -0.3 is 4.74 Å². The summed E-state index contributed by atoms with van der Waals surface area (Å²) < 4.78 is 30.5. The summed E-state index contributed by atoms with van der Waals surface area (Å²) in [5.41, 5.74) is -0.473. The number of halogens is 1. The molecule has 0 aliphatic heterocycles. The Balaban J connectivity index is 3.94. The molecule has 0 bridgehead atoms. The second-order valence-electron chi connectivity index (χ2n) is 4.00. The molecule has 0 aliphatic carbocycles. The SMILES string of the molecule is COC(C)(C)CNS(=O)(=O)CCCCCl. The number of hydrogen-bond acceptors (Lipinski definition) is 3. The Kier molecular flexibility index (Phi) is 6.75. The number of unbranched alkanes of at least 4 members (excludes halogenated alkanes) is 1. The van der Waals surface area contributed by atoms with E-state index in [0.717, 1.165) is 6.42 Å². The summed E-state index contributed by atoms with van der Waals surface area (Å²) in [5.74, 6) is 0.624. The van der Waals surface area contributed by atoms with Crippen molar-refractivity contribution in [3.05, 3.63) is 0 Å². The molecule has 0 spiro atoms. The molecule has 0 aromatic heterocycles. The molecule has 0 unspecified atom stereocenters. The van der Waals surface area contributed by atoms with E-state index in [9.17, 15) is 8.42 Å². The number of alkyl halides is 1. The van der Waals surface area contributed by atoms with Gasteiger partial charge >= 0.3 is 0 Å². The van der Waals surface area contributed by atoms with Crippen LogP contribution in [0, 0.1) is 0 Å². The van der Waals surface area contributed by atoms with Crippen LogP contribution in [0.4, 0.5) is 0 Å². The van der Waals surface area contributed by atoms with Gasteiger partial charge in [0.15, 0.2) is 0 Å². The molecular weight excluding hydrogens is 238 g/mol. The van der Waals surface area contributed by atoms with E-state index >= 15 is 0 Å². The van der Waals surface area contributed by atoms with Gasteiger partial charge in [-0.25, -0.2) is 13.1 Å². The largest absolute Gasteiger partial charge is 0.377 e. The molecule has 0 aromatic rings. The van der Waals surface area contributed by atoms with Gasteiger partial charge in [0.05, 0.1) is 11.4 Å². The Bertz CT molecular complexity index is 265. The lowest BCUT2D eigenvalue weighted by Gasteiger charge is -2.22. The van der Waals surface area contributed by atoms with Gasteiger partial charge in [0.25, 0.3) is 0 Å². The van der Waals surface area contributed by atoms with E-state index in [1.165, 1.54) is 0 Å². The van der Waals surface area contributed by atoms with Crippen LogP contribution in [0.15, 0.2) is 0 Å². The molecule has 0 aliphatic rings. The molecular formula is C9H20ClNO3S. The van der Waals surface area contributed by atoms with Crippen molar-refractivity contribution in [2.45, 2.75) is 32.3 Å². The van der Waals surface area contributed by atoms with Gasteiger partial charge in [0.1, 0.15) is 0 Å². The molecule has 4 nitrogen and oxygen atoms in total. The van der Waals surface area contributed by atoms with Crippen molar-refractivity contribution < 1.29 is 13.2 Å². The maximum atomic E-state index is 11.5. The first kappa shape index (κ1) is 15.2. The fraction of sp³-hybridized carbons (Fsp3) is 1.00. The van der Waals surface area contributed by atoms with Gasteiger partial charge in [-0.2, -0.15) is 0 Å². The van der Waals surface area contributed by atoms with Crippen LogP contribution in [0.3, 0.4) is 0 Å². The first-order valence-electron chi connectivity index (χ1n) is 4.91. The van der Waals surface area contributed by atoms with Crippen LogP contribution in [-0.2, 0) is 14.8 Å². The van der Waals surface area contributed by atoms with Crippen LogP contribution in [0.5, 0.6) is 0 Å². The minimum Gasteiger partial charge on any atom is -0.377 e. The monoisotopic (exact) mass is 257 g/mol. The third kappa shape index (κ3) is 8.02. The highest BCUT2D eigenvalue weighted by Gasteiger charge is 2.19. The van der Waals surface area contributed by atoms with Gasteiger partial charge in [0, 0.05) is 19.5 Å². The third-order valence-corrected chi connectivity index (χ3v) is 3.74. The number of methoxy groups -OCH3 is 1. The topological polar surface area (TPSA) is 55.4 Å². The average Bonchev–Trinajstić information content (AvgIpc) is 2.16. The van der Waals surface area contributed by atoms with Gasteiger partial charge in [0.2, 0.25) is 10.0 Å². The second kappa shape index (κ2) is 6.68. The smallest absolute Gasteiger partial charge is 0.211 e. The van der Waals surface area contributed by atoms with E-state index in [1.807, 2.05) is 13.8 Å². The van der Waals surface area contributed by atoms with Gasteiger partial charge in [-0.05, 0) is 26.7 Å². The number of rotatable bonds is 8. The van der Waals surface area contributed by atoms with Crippen molar-refractivity contribution >= 4 is 21.6 Å². The van der Waals surface area contributed by atoms with Crippen molar-refractivity contribution in [3.8, 4) is 0 Å². The van der Waals surface area contributed by atoms with E-state index < -0.39 is 15.6 Å². The summed E-state index contributed by atoms with van der Waals surface area (Å²) in [6.45, 7) is 3.94. The van der Waals surface area contributed by atoms with Crippen LogP contribution in [0.25, 0.3) is 0 Å². The highest BCUT2D eigenvalue weighted by atomic mass is 35.5. The van der Waals surface area contributed by atoms with Crippen molar-refractivity contribution in [3.63, 3.8) is 0 Å². The Labute approximate surface area is 97.4 Å². The summed E-state index contributed by atoms with van der Waals surface area (Å²) >= 11 is 5.47. The quantitative estimate of drug-likeness (QED) is 0.528. The Morgan fingerprint density at radius 1 is 1.33 bits per heavy atom. The number of hydrogen-bond donors (Lipinski definition) is 1. The lowest BCUT2D eigenvalue weighted by molar-refractivity contribution is 0.0276. The normalized spacial score (nSPS) is 13.1. The molecule has 0 radical (unpaired) electrons. The van der Waals surface area contributed by atoms with Crippen LogP contribution in [0.2, 0.25) is 0 Å². The number of sulfonamides is 1. The predicted molar refractivity (Wildman–Crippen MR) is 62.8 cm³/mol. The molecule has 0 saturated carbocycles. The first-order chi connectivity index (χ1) is 6.83. The fourth-order valence-corrected chi connectivity index (χ4v) is 2.30. The molecule has 0 heterocycles. The highest BCUT2D eigenvalue weighted by Crippen LogP contribution is 2.06. The molecule has 0 saturated heterocycles. The number of nitrogens with one attached hydrogen (secondary N) is 1. The lowest BCUT2D eigenvalue weighted by Crippen LogP contribution is -2.40. The Morgan fingerprint density at radius 2 is 1.93 bits per heavy atom. The fourth-order valence-electron chi connectivity index (χ4n) is 0.815. The zero-order valence-corrected chi connectivity index (χ0v) is 11.1. The van der Waals surface area contributed by atoms with Crippen LogP contribution < -0.4 is 4.72 Å². The van der Waals surface area contributed by atoms with Crippen LogP contribution in [-0.4, -0.2) is 39.3 Å². The molecule has 92 valence electrons. The van der Waals surface area contributed by atoms with Gasteiger partial charge in [-0.3, -0.25) is 0 Å². The molecule has 0 fully saturated rings. The lowest BCUT2D eigenvalue weighted by atomic mass is 10.1. The summed E-state index contributed by atoms with van der Waals surface area (Å²) in [7, 11) is -1.63. The molecule has 1 N–H and O–H groups in total.